The summed E-state index contributed by atoms with van der Waals surface area (Å²) in [5.74, 6) is -0.294. The van der Waals surface area contributed by atoms with Crippen molar-refractivity contribution in [2.75, 3.05) is 32.8 Å². The van der Waals surface area contributed by atoms with E-state index in [9.17, 15) is 14.9 Å². The number of carbonyl (C=O) groups excluding carboxylic acids is 1. The maximum absolute atomic E-state index is 12.4. The SMILES string of the molecule is O=C(NC[C@H](c1cccs1)[NH+]1CCOCC1)c1cccc([N+](=O)[O-])c1. The third-order valence-corrected chi connectivity index (χ3v) is 5.29. The Kier molecular flexibility index (Phi) is 5.75. The van der Waals surface area contributed by atoms with Crippen molar-refractivity contribution in [3.63, 3.8) is 0 Å². The molecule has 2 heterocycles. The summed E-state index contributed by atoms with van der Waals surface area (Å²) < 4.78 is 5.43. The van der Waals surface area contributed by atoms with Crippen LogP contribution < -0.4 is 10.2 Å². The average molecular weight is 362 g/mol. The van der Waals surface area contributed by atoms with Crippen molar-refractivity contribution < 1.29 is 19.4 Å². The minimum absolute atomic E-state index is 0.0822. The first-order valence-electron chi connectivity index (χ1n) is 8.13. The molecule has 3 rings (SSSR count). The van der Waals surface area contributed by atoms with Gasteiger partial charge in [-0.25, -0.2) is 0 Å². The van der Waals surface area contributed by atoms with Crippen molar-refractivity contribution in [2.45, 2.75) is 6.04 Å². The van der Waals surface area contributed by atoms with Crippen LogP contribution in [0.15, 0.2) is 41.8 Å². The number of hydrogen-bond donors (Lipinski definition) is 2. The lowest BCUT2D eigenvalue weighted by molar-refractivity contribution is -0.937. The Labute approximate surface area is 149 Å². The van der Waals surface area contributed by atoms with Crippen molar-refractivity contribution in [2.24, 2.45) is 0 Å². The third-order valence-electron chi connectivity index (χ3n) is 4.30. The Bertz CT molecular complexity index is 729. The fourth-order valence-electron chi connectivity index (χ4n) is 2.98. The van der Waals surface area contributed by atoms with Crippen LogP contribution in [-0.2, 0) is 4.74 Å². The van der Waals surface area contributed by atoms with Gasteiger partial charge in [-0.15, -0.1) is 11.3 Å². The van der Waals surface area contributed by atoms with E-state index in [0.29, 0.717) is 12.1 Å². The summed E-state index contributed by atoms with van der Waals surface area (Å²) in [4.78, 5) is 25.4. The van der Waals surface area contributed by atoms with E-state index in [4.69, 9.17) is 4.74 Å². The number of quaternary nitrogens is 1. The number of carbonyl (C=O) groups is 1. The van der Waals surface area contributed by atoms with Crippen LogP contribution in [0.25, 0.3) is 0 Å². The van der Waals surface area contributed by atoms with Gasteiger partial charge in [-0.1, -0.05) is 12.1 Å². The molecule has 132 valence electrons. The Balaban J connectivity index is 1.69. The van der Waals surface area contributed by atoms with Crippen molar-refractivity contribution in [1.82, 2.24) is 5.32 Å². The number of morpholine rings is 1. The monoisotopic (exact) mass is 362 g/mol. The maximum Gasteiger partial charge on any atom is 0.270 e. The third kappa shape index (κ3) is 4.41. The highest BCUT2D eigenvalue weighted by Gasteiger charge is 2.27. The van der Waals surface area contributed by atoms with E-state index in [1.165, 1.54) is 28.0 Å². The predicted octanol–water partition coefficient (Wildman–Crippen LogP) is 1.04. The molecule has 1 saturated heterocycles. The highest BCUT2D eigenvalue weighted by molar-refractivity contribution is 7.10. The topological polar surface area (TPSA) is 85.9 Å². The lowest BCUT2D eigenvalue weighted by Crippen LogP contribution is -3.15. The highest BCUT2D eigenvalue weighted by atomic mass is 32.1. The van der Waals surface area contributed by atoms with Gasteiger partial charge in [0.1, 0.15) is 19.1 Å². The molecule has 0 saturated carbocycles. The Morgan fingerprint density at radius 3 is 2.80 bits per heavy atom. The number of nitro benzene ring substituents is 1. The number of rotatable bonds is 6. The van der Waals surface area contributed by atoms with Crippen LogP contribution in [0.2, 0.25) is 0 Å². The van der Waals surface area contributed by atoms with Gasteiger partial charge in [0.2, 0.25) is 0 Å². The molecule has 0 bridgehead atoms. The van der Waals surface area contributed by atoms with Crippen molar-refractivity contribution in [3.05, 3.63) is 62.3 Å². The number of nitrogens with one attached hydrogen (secondary N) is 2. The summed E-state index contributed by atoms with van der Waals surface area (Å²) in [7, 11) is 0. The second-order valence-corrected chi connectivity index (χ2v) is 6.84. The normalized spacial score (nSPS) is 16.3. The fourth-order valence-corrected chi connectivity index (χ4v) is 3.86. The molecule has 8 heteroatoms. The van der Waals surface area contributed by atoms with E-state index in [1.807, 2.05) is 11.4 Å². The van der Waals surface area contributed by atoms with Crippen LogP contribution in [0.5, 0.6) is 0 Å². The standard InChI is InChI=1S/C17H19N3O4S/c21-17(13-3-1-4-14(11-13)20(22)23)18-12-15(16-5-2-10-25-16)19-6-8-24-9-7-19/h1-5,10-11,15H,6-9,12H2,(H,18,21)/p+1/t15-/m1/s1. The number of hydrogen-bond acceptors (Lipinski definition) is 5. The van der Waals surface area contributed by atoms with E-state index in [1.54, 1.807) is 17.4 Å². The summed E-state index contributed by atoms with van der Waals surface area (Å²) in [5.41, 5.74) is 0.220. The largest absolute Gasteiger partial charge is 0.370 e. The zero-order valence-electron chi connectivity index (χ0n) is 13.6. The first kappa shape index (κ1) is 17.5. The van der Waals surface area contributed by atoms with Gasteiger partial charge in [0, 0.05) is 17.7 Å². The van der Waals surface area contributed by atoms with Crippen LogP contribution in [-0.4, -0.2) is 43.7 Å². The van der Waals surface area contributed by atoms with Crippen LogP contribution in [0, 0.1) is 10.1 Å². The van der Waals surface area contributed by atoms with Gasteiger partial charge in [-0.05, 0) is 17.5 Å². The molecule has 0 radical (unpaired) electrons. The molecule has 0 spiro atoms. The Morgan fingerprint density at radius 2 is 2.12 bits per heavy atom. The smallest absolute Gasteiger partial charge is 0.270 e. The number of nitrogens with zero attached hydrogens (tertiary/aromatic N) is 1. The molecule has 1 aromatic heterocycles. The second kappa shape index (κ2) is 8.19. The Morgan fingerprint density at radius 1 is 1.32 bits per heavy atom. The summed E-state index contributed by atoms with van der Waals surface area (Å²) in [6, 6.07) is 10.0. The van der Waals surface area contributed by atoms with Gasteiger partial charge < -0.3 is 15.0 Å². The average Bonchev–Trinajstić information content (AvgIpc) is 3.17. The number of amides is 1. The van der Waals surface area contributed by atoms with Crippen molar-refractivity contribution in [3.8, 4) is 0 Å². The summed E-state index contributed by atoms with van der Waals surface area (Å²) >= 11 is 1.68. The van der Waals surface area contributed by atoms with Crippen molar-refractivity contribution >= 4 is 22.9 Å². The minimum Gasteiger partial charge on any atom is -0.370 e. The molecule has 1 aliphatic heterocycles. The summed E-state index contributed by atoms with van der Waals surface area (Å²) in [6.45, 7) is 3.72. The zero-order valence-corrected chi connectivity index (χ0v) is 14.5. The van der Waals surface area contributed by atoms with E-state index in [-0.39, 0.29) is 17.6 Å². The molecular formula is C17H20N3O4S+. The van der Waals surface area contributed by atoms with Gasteiger partial charge in [0.15, 0.2) is 0 Å². The molecule has 1 amide bonds. The highest BCUT2D eigenvalue weighted by Crippen LogP contribution is 2.17. The van der Waals surface area contributed by atoms with Crippen LogP contribution >= 0.6 is 11.3 Å². The molecule has 1 aliphatic rings. The molecule has 25 heavy (non-hydrogen) atoms. The van der Waals surface area contributed by atoms with Gasteiger partial charge in [0.25, 0.3) is 11.6 Å². The van der Waals surface area contributed by atoms with Gasteiger partial charge in [-0.3, -0.25) is 14.9 Å². The summed E-state index contributed by atoms with van der Waals surface area (Å²) in [6.07, 6.45) is 0. The van der Waals surface area contributed by atoms with Crippen molar-refractivity contribution in [1.29, 1.82) is 0 Å². The molecule has 0 aliphatic carbocycles. The molecule has 2 N–H and O–H groups in total. The molecule has 1 fully saturated rings. The lowest BCUT2D eigenvalue weighted by atomic mass is 10.1. The predicted molar refractivity (Wildman–Crippen MR) is 94.0 cm³/mol. The first-order valence-corrected chi connectivity index (χ1v) is 9.01. The van der Waals surface area contributed by atoms with Gasteiger partial charge in [-0.2, -0.15) is 0 Å². The first-order chi connectivity index (χ1) is 12.1. The lowest BCUT2D eigenvalue weighted by Gasteiger charge is -2.31. The van der Waals surface area contributed by atoms with E-state index >= 15 is 0 Å². The number of non-ortho nitro benzene ring substituents is 1. The van der Waals surface area contributed by atoms with E-state index in [2.05, 4.69) is 11.4 Å². The second-order valence-electron chi connectivity index (χ2n) is 5.86. The number of nitro groups is 1. The Hall–Kier alpha value is -2.29. The number of thiophene rings is 1. The van der Waals surface area contributed by atoms with Crippen LogP contribution in [0.1, 0.15) is 21.3 Å². The fraction of sp³-hybridized carbons (Fsp3) is 0.353. The van der Waals surface area contributed by atoms with E-state index in [0.717, 1.165) is 26.3 Å². The van der Waals surface area contributed by atoms with Gasteiger partial charge >= 0.3 is 0 Å². The number of ether oxygens (including phenoxy) is 1. The number of benzene rings is 1. The van der Waals surface area contributed by atoms with Gasteiger partial charge in [0.05, 0.1) is 29.6 Å². The molecule has 7 nitrogen and oxygen atoms in total. The van der Waals surface area contributed by atoms with Crippen LogP contribution in [0.4, 0.5) is 5.69 Å². The molecule has 2 aromatic rings. The van der Waals surface area contributed by atoms with Crippen LogP contribution in [0.3, 0.4) is 0 Å². The molecule has 1 atom stereocenters. The maximum atomic E-state index is 12.4. The zero-order chi connectivity index (χ0) is 17.6. The minimum atomic E-state index is -0.497. The molecular weight excluding hydrogens is 342 g/mol. The quantitative estimate of drug-likeness (QED) is 0.594. The molecule has 0 unspecified atom stereocenters. The summed E-state index contributed by atoms with van der Waals surface area (Å²) in [5, 5.41) is 15.8. The molecule has 1 aromatic carbocycles. The van der Waals surface area contributed by atoms with E-state index < -0.39 is 4.92 Å².